The molecule has 2 aliphatic rings. The lowest BCUT2D eigenvalue weighted by atomic mass is 9.90. The summed E-state index contributed by atoms with van der Waals surface area (Å²) in [6, 6.07) is 13.8. The van der Waals surface area contributed by atoms with Crippen molar-refractivity contribution in [3.05, 3.63) is 66.1 Å². The van der Waals surface area contributed by atoms with Gasteiger partial charge in [0.05, 0.1) is 13.4 Å². The van der Waals surface area contributed by atoms with E-state index in [9.17, 15) is 19.2 Å². The Bertz CT molecular complexity index is 1350. The molecule has 2 saturated heterocycles. The maximum absolute atomic E-state index is 13.4. The number of carbonyl (C=O) groups excluding carboxylic acids is 4. The van der Waals surface area contributed by atoms with Crippen LogP contribution >= 0.6 is 0 Å². The normalized spacial score (nSPS) is 20.1. The molecule has 0 saturated carbocycles. The minimum atomic E-state index is -1.29. The fourth-order valence-electron chi connectivity index (χ4n) is 4.65. The zero-order chi connectivity index (χ0) is 25.4. The van der Waals surface area contributed by atoms with Crippen LogP contribution in [0.1, 0.15) is 23.0 Å². The number of amides is 5. The number of imide groups is 1. The summed E-state index contributed by atoms with van der Waals surface area (Å²) in [6.07, 6.45) is 1.44. The molecule has 10 nitrogen and oxygen atoms in total. The summed E-state index contributed by atoms with van der Waals surface area (Å²) >= 11 is 0. The zero-order valence-electron chi connectivity index (χ0n) is 20.0. The number of rotatable bonds is 5. The molecule has 186 valence electrons. The van der Waals surface area contributed by atoms with Gasteiger partial charge in [0.1, 0.15) is 17.8 Å². The fourth-order valence-corrected chi connectivity index (χ4v) is 4.65. The monoisotopic (exact) mass is 490 g/mol. The maximum atomic E-state index is 13.4. The number of nitrogens with zero attached hydrogens (tertiary/aromatic N) is 3. The number of methoxy groups -OCH3 is 1. The number of nitrogens with one attached hydrogen (secondary N) is 1. The lowest BCUT2D eigenvalue weighted by Crippen LogP contribution is -2.53. The van der Waals surface area contributed by atoms with Crippen molar-refractivity contribution in [2.24, 2.45) is 0 Å². The molecule has 0 bridgehead atoms. The molecule has 1 aromatic heterocycles. The molecular formula is C26H26N4O6. The van der Waals surface area contributed by atoms with E-state index in [2.05, 4.69) is 5.32 Å². The highest BCUT2D eigenvalue weighted by molar-refractivity contribution is 6.09. The third-order valence-electron chi connectivity index (χ3n) is 6.84. The molecule has 10 heteroatoms. The van der Waals surface area contributed by atoms with Crippen molar-refractivity contribution in [1.82, 2.24) is 20.0 Å². The van der Waals surface area contributed by atoms with Crippen LogP contribution in [0.5, 0.6) is 5.75 Å². The molecule has 2 aromatic carbocycles. The minimum Gasteiger partial charge on any atom is -0.497 e. The van der Waals surface area contributed by atoms with Crippen LogP contribution in [0.25, 0.3) is 10.8 Å². The molecule has 0 spiro atoms. The predicted molar refractivity (Wildman–Crippen MR) is 129 cm³/mol. The number of carbonyl (C=O) groups is 4. The predicted octanol–water partition coefficient (Wildman–Crippen LogP) is 2.19. The molecule has 2 aliphatic heterocycles. The summed E-state index contributed by atoms with van der Waals surface area (Å²) in [4.78, 5) is 55.6. The van der Waals surface area contributed by atoms with E-state index in [4.69, 9.17) is 9.15 Å². The van der Waals surface area contributed by atoms with Crippen molar-refractivity contribution in [1.29, 1.82) is 0 Å². The Morgan fingerprint density at radius 2 is 1.69 bits per heavy atom. The van der Waals surface area contributed by atoms with Gasteiger partial charge in [-0.2, -0.15) is 0 Å². The quantitative estimate of drug-likeness (QED) is 0.549. The topological polar surface area (TPSA) is 112 Å². The molecule has 3 aromatic rings. The second kappa shape index (κ2) is 9.03. The molecule has 2 fully saturated rings. The Hall–Kier alpha value is -4.34. The number of benzene rings is 2. The second-order valence-corrected chi connectivity index (χ2v) is 9.02. The lowest BCUT2D eigenvalue weighted by molar-refractivity contribution is -0.139. The fraction of sp³-hybridized carbons (Fsp3) is 0.308. The van der Waals surface area contributed by atoms with E-state index >= 15 is 0 Å². The number of piperazine rings is 1. The minimum absolute atomic E-state index is 0.231. The van der Waals surface area contributed by atoms with Crippen molar-refractivity contribution >= 4 is 34.5 Å². The zero-order valence-corrected chi connectivity index (χ0v) is 20.0. The third-order valence-corrected chi connectivity index (χ3v) is 6.84. The molecule has 0 unspecified atom stereocenters. The van der Waals surface area contributed by atoms with Crippen LogP contribution in [-0.4, -0.2) is 78.3 Å². The number of urea groups is 1. The van der Waals surface area contributed by atoms with Crippen LogP contribution in [0.3, 0.4) is 0 Å². The van der Waals surface area contributed by atoms with Gasteiger partial charge in [0, 0.05) is 26.2 Å². The maximum Gasteiger partial charge on any atom is 0.325 e. The number of ether oxygens (including phenoxy) is 1. The van der Waals surface area contributed by atoms with Crippen molar-refractivity contribution in [3.63, 3.8) is 0 Å². The molecule has 3 heterocycles. The Morgan fingerprint density at radius 3 is 2.39 bits per heavy atom. The molecule has 5 rings (SSSR count). The second-order valence-electron chi connectivity index (χ2n) is 9.02. The number of fused-ring (bicyclic) bond motifs is 1. The summed E-state index contributed by atoms with van der Waals surface area (Å²) in [5, 5.41) is 4.59. The van der Waals surface area contributed by atoms with E-state index in [0.29, 0.717) is 31.7 Å². The summed E-state index contributed by atoms with van der Waals surface area (Å²) in [7, 11) is 1.60. The number of hydrogen-bond donors (Lipinski definition) is 1. The highest BCUT2D eigenvalue weighted by Gasteiger charge is 2.50. The van der Waals surface area contributed by atoms with Crippen molar-refractivity contribution < 1.29 is 28.3 Å². The van der Waals surface area contributed by atoms with E-state index in [-0.39, 0.29) is 24.1 Å². The van der Waals surface area contributed by atoms with Gasteiger partial charge in [-0.1, -0.05) is 18.2 Å². The van der Waals surface area contributed by atoms with Gasteiger partial charge in [0.15, 0.2) is 5.76 Å². The average Bonchev–Trinajstić information content (AvgIpc) is 3.51. The first-order valence-electron chi connectivity index (χ1n) is 11.6. The Kier molecular flexibility index (Phi) is 5.87. The first-order chi connectivity index (χ1) is 17.3. The van der Waals surface area contributed by atoms with Gasteiger partial charge in [-0.3, -0.25) is 19.3 Å². The number of hydrogen-bond acceptors (Lipinski definition) is 6. The number of furan rings is 1. The highest BCUT2D eigenvalue weighted by Crippen LogP contribution is 2.32. The van der Waals surface area contributed by atoms with E-state index in [0.717, 1.165) is 21.4 Å². The summed E-state index contributed by atoms with van der Waals surface area (Å²) < 4.78 is 10.4. The standard InChI is InChI=1S/C26H26N4O6/c1-26(19-7-5-18-15-20(35-2)8-6-17(18)14-19)24(33)30(25(34)27-26)16-22(31)28-9-11-29(12-10-28)23(32)21-4-3-13-36-21/h3-8,13-15H,9-12,16H2,1-2H3,(H,27,34)/t26-/m1/s1. The Balaban J connectivity index is 1.25. The smallest absolute Gasteiger partial charge is 0.325 e. The molecule has 0 radical (unpaired) electrons. The van der Waals surface area contributed by atoms with Gasteiger partial charge < -0.3 is 24.3 Å². The van der Waals surface area contributed by atoms with Gasteiger partial charge in [0.25, 0.3) is 11.8 Å². The van der Waals surface area contributed by atoms with Gasteiger partial charge >= 0.3 is 6.03 Å². The molecule has 36 heavy (non-hydrogen) atoms. The first-order valence-corrected chi connectivity index (χ1v) is 11.6. The van der Waals surface area contributed by atoms with Crippen LogP contribution in [-0.2, 0) is 15.1 Å². The molecule has 1 N–H and O–H groups in total. The van der Waals surface area contributed by atoms with Crippen LogP contribution < -0.4 is 10.1 Å². The Morgan fingerprint density at radius 1 is 1.00 bits per heavy atom. The van der Waals surface area contributed by atoms with E-state index in [1.165, 1.54) is 6.26 Å². The van der Waals surface area contributed by atoms with Crippen molar-refractivity contribution in [3.8, 4) is 5.75 Å². The van der Waals surface area contributed by atoms with E-state index in [1.54, 1.807) is 42.0 Å². The van der Waals surface area contributed by atoms with E-state index < -0.39 is 17.5 Å². The van der Waals surface area contributed by atoms with Crippen LogP contribution in [0.2, 0.25) is 0 Å². The van der Waals surface area contributed by atoms with Crippen LogP contribution in [0.4, 0.5) is 4.79 Å². The Labute approximate surface area is 207 Å². The summed E-state index contributed by atoms with van der Waals surface area (Å²) in [5.74, 6) is -0.0895. The third kappa shape index (κ3) is 4.04. The van der Waals surface area contributed by atoms with Gasteiger partial charge in [0.2, 0.25) is 5.91 Å². The van der Waals surface area contributed by atoms with Gasteiger partial charge in [-0.25, -0.2) is 4.79 Å². The lowest BCUT2D eigenvalue weighted by Gasteiger charge is -2.34. The van der Waals surface area contributed by atoms with Crippen LogP contribution in [0.15, 0.2) is 59.2 Å². The molecule has 1 atom stereocenters. The van der Waals surface area contributed by atoms with E-state index in [1.807, 2.05) is 30.3 Å². The largest absolute Gasteiger partial charge is 0.497 e. The molecular weight excluding hydrogens is 464 g/mol. The van der Waals surface area contributed by atoms with Crippen molar-refractivity contribution in [2.45, 2.75) is 12.5 Å². The highest BCUT2D eigenvalue weighted by atomic mass is 16.5. The average molecular weight is 491 g/mol. The SMILES string of the molecule is COc1ccc2cc([C@@]3(C)NC(=O)N(CC(=O)N4CCN(C(=O)c5ccco5)CC4)C3=O)ccc2c1. The van der Waals surface area contributed by atoms with Crippen LogP contribution in [0, 0.1) is 0 Å². The van der Waals surface area contributed by atoms with Crippen molar-refractivity contribution in [2.75, 3.05) is 39.8 Å². The summed E-state index contributed by atoms with van der Waals surface area (Å²) in [6.45, 7) is 2.56. The van der Waals surface area contributed by atoms with Gasteiger partial charge in [-0.15, -0.1) is 0 Å². The first kappa shape index (κ1) is 23.4. The van der Waals surface area contributed by atoms with Gasteiger partial charge in [-0.05, 0) is 53.6 Å². The summed E-state index contributed by atoms with van der Waals surface area (Å²) in [5.41, 5.74) is -0.668. The molecule has 5 amide bonds. The molecule has 0 aliphatic carbocycles.